The van der Waals surface area contributed by atoms with Gasteiger partial charge in [0.1, 0.15) is 18.1 Å². The topological polar surface area (TPSA) is 48.4 Å². The second-order valence-electron chi connectivity index (χ2n) is 9.08. The molecule has 5 heteroatoms. The van der Waals surface area contributed by atoms with Gasteiger partial charge in [-0.15, -0.1) is 0 Å². The van der Waals surface area contributed by atoms with Crippen molar-refractivity contribution < 1.29 is 14.3 Å². The zero-order chi connectivity index (χ0) is 25.9. The first-order chi connectivity index (χ1) is 17.9. The maximum atomic E-state index is 13.5. The van der Waals surface area contributed by atoms with Crippen molar-refractivity contribution >= 4 is 32.8 Å². The van der Waals surface area contributed by atoms with Gasteiger partial charge < -0.3 is 9.47 Å². The van der Waals surface area contributed by atoms with Gasteiger partial charge in [-0.1, -0.05) is 57.9 Å². The molecular formula is C32H26BrNO3. The van der Waals surface area contributed by atoms with Gasteiger partial charge in [0.25, 0.3) is 0 Å². The third-order valence-corrected chi connectivity index (χ3v) is 6.80. The smallest absolute Gasteiger partial charge is 0.344 e. The van der Waals surface area contributed by atoms with Crippen LogP contribution in [0.2, 0.25) is 0 Å². The molecule has 0 spiro atoms. The minimum absolute atomic E-state index is 0.402. The number of hydrogen-bond acceptors (Lipinski definition) is 4. The fourth-order valence-corrected chi connectivity index (χ4v) is 4.73. The Morgan fingerprint density at radius 3 is 2.22 bits per heavy atom. The summed E-state index contributed by atoms with van der Waals surface area (Å²) < 4.78 is 12.7. The summed E-state index contributed by atoms with van der Waals surface area (Å²) in [7, 11) is 0. The van der Waals surface area contributed by atoms with Crippen molar-refractivity contribution in [1.29, 1.82) is 0 Å². The van der Waals surface area contributed by atoms with Gasteiger partial charge in [0.2, 0.25) is 0 Å². The minimum Gasteiger partial charge on any atom is -0.489 e. The van der Waals surface area contributed by atoms with Gasteiger partial charge in [0.15, 0.2) is 0 Å². The Balaban J connectivity index is 1.53. The van der Waals surface area contributed by atoms with Gasteiger partial charge in [-0.2, -0.15) is 0 Å². The number of rotatable bonds is 6. The number of fused-ring (bicyclic) bond motifs is 1. The molecule has 5 rings (SSSR count). The molecule has 4 aromatic carbocycles. The van der Waals surface area contributed by atoms with Crippen LogP contribution in [-0.2, 0) is 6.61 Å². The van der Waals surface area contributed by atoms with Crippen LogP contribution >= 0.6 is 15.9 Å². The van der Waals surface area contributed by atoms with E-state index in [9.17, 15) is 4.79 Å². The number of pyridine rings is 1. The summed E-state index contributed by atoms with van der Waals surface area (Å²) in [4.78, 5) is 18.5. The lowest BCUT2D eigenvalue weighted by Crippen LogP contribution is -2.13. The second-order valence-corrected chi connectivity index (χ2v) is 10.00. The molecule has 0 saturated heterocycles. The quantitative estimate of drug-likeness (QED) is 0.157. The Morgan fingerprint density at radius 1 is 0.838 bits per heavy atom. The molecular weight excluding hydrogens is 526 g/mol. The molecule has 5 aromatic rings. The lowest BCUT2D eigenvalue weighted by atomic mass is 9.95. The Labute approximate surface area is 225 Å². The zero-order valence-corrected chi connectivity index (χ0v) is 22.5. The molecule has 0 aliphatic rings. The minimum atomic E-state index is -0.402. The van der Waals surface area contributed by atoms with Crippen LogP contribution in [0.4, 0.5) is 0 Å². The lowest BCUT2D eigenvalue weighted by molar-refractivity contribution is 0.0736. The van der Waals surface area contributed by atoms with E-state index in [0.29, 0.717) is 17.9 Å². The molecule has 0 bridgehead atoms. The molecule has 0 aliphatic heterocycles. The van der Waals surface area contributed by atoms with E-state index < -0.39 is 5.97 Å². The summed E-state index contributed by atoms with van der Waals surface area (Å²) in [5, 5.41) is 0.795. The van der Waals surface area contributed by atoms with Gasteiger partial charge in [0, 0.05) is 15.4 Å². The van der Waals surface area contributed by atoms with Crippen molar-refractivity contribution in [3.63, 3.8) is 0 Å². The molecule has 0 N–H and O–H groups in total. The predicted molar refractivity (Wildman–Crippen MR) is 151 cm³/mol. The summed E-state index contributed by atoms with van der Waals surface area (Å²) in [6.07, 6.45) is 0. The standard InChI is InChI=1S/C32H26BrNO3/c1-20-17-21(2)30-28(18-20)29(32(35)37-27-15-11-25(33)12-16-27)22(3)31(34-30)24-9-13-26(14-10-24)36-19-23-7-5-4-6-8-23/h4-18H,19H2,1-3H3. The average molecular weight is 552 g/mol. The van der Waals surface area contributed by atoms with Crippen molar-refractivity contribution in [2.24, 2.45) is 0 Å². The highest BCUT2D eigenvalue weighted by atomic mass is 79.9. The maximum Gasteiger partial charge on any atom is 0.344 e. The largest absolute Gasteiger partial charge is 0.489 e. The SMILES string of the molecule is Cc1cc(C)c2nc(-c3ccc(OCc4ccccc4)cc3)c(C)c(C(=O)Oc3ccc(Br)cc3)c2c1. The fourth-order valence-electron chi connectivity index (χ4n) is 4.47. The Bertz CT molecular complexity index is 1580. The van der Waals surface area contributed by atoms with E-state index in [2.05, 4.69) is 22.0 Å². The van der Waals surface area contributed by atoms with E-state index in [1.807, 2.05) is 93.6 Å². The van der Waals surface area contributed by atoms with Crippen LogP contribution in [0.15, 0.2) is 95.5 Å². The highest BCUT2D eigenvalue weighted by Gasteiger charge is 2.22. The number of aryl methyl sites for hydroxylation is 2. The molecule has 0 saturated carbocycles. The van der Waals surface area contributed by atoms with Crippen LogP contribution < -0.4 is 9.47 Å². The van der Waals surface area contributed by atoms with E-state index in [4.69, 9.17) is 14.5 Å². The normalized spacial score (nSPS) is 10.9. The van der Waals surface area contributed by atoms with E-state index >= 15 is 0 Å². The summed E-state index contributed by atoms with van der Waals surface area (Å²) in [6.45, 7) is 6.47. The number of aromatic nitrogens is 1. The van der Waals surface area contributed by atoms with Crippen molar-refractivity contribution in [3.8, 4) is 22.8 Å². The number of carbonyl (C=O) groups is 1. The summed E-state index contributed by atoms with van der Waals surface area (Å²) in [5.74, 6) is 0.859. The van der Waals surface area contributed by atoms with E-state index in [-0.39, 0.29) is 0 Å². The Hall–Kier alpha value is -3.96. The van der Waals surface area contributed by atoms with Crippen LogP contribution in [0, 0.1) is 20.8 Å². The number of nitrogens with zero attached hydrogens (tertiary/aromatic N) is 1. The van der Waals surface area contributed by atoms with E-state index in [1.54, 1.807) is 12.1 Å². The predicted octanol–water partition coefficient (Wildman–Crippen LogP) is 8.39. The highest BCUT2D eigenvalue weighted by molar-refractivity contribution is 9.10. The molecule has 0 radical (unpaired) electrons. The average Bonchev–Trinajstić information content (AvgIpc) is 2.89. The van der Waals surface area contributed by atoms with Gasteiger partial charge >= 0.3 is 5.97 Å². The summed E-state index contributed by atoms with van der Waals surface area (Å²) in [6, 6.07) is 29.2. The van der Waals surface area contributed by atoms with Crippen LogP contribution in [0.25, 0.3) is 22.2 Å². The van der Waals surface area contributed by atoms with E-state index in [1.165, 1.54) is 0 Å². The number of hydrogen-bond donors (Lipinski definition) is 0. The molecule has 0 aliphatic carbocycles. The Kier molecular flexibility index (Phi) is 7.06. The number of esters is 1. The zero-order valence-electron chi connectivity index (χ0n) is 20.9. The third kappa shape index (κ3) is 5.42. The van der Waals surface area contributed by atoms with Gasteiger partial charge in [-0.05, 0) is 92.1 Å². The Morgan fingerprint density at radius 2 is 1.51 bits per heavy atom. The molecule has 0 unspecified atom stereocenters. The molecule has 4 nitrogen and oxygen atoms in total. The molecule has 0 fully saturated rings. The third-order valence-electron chi connectivity index (χ3n) is 6.27. The summed E-state index contributed by atoms with van der Waals surface area (Å²) >= 11 is 3.42. The van der Waals surface area contributed by atoms with Gasteiger partial charge in [-0.25, -0.2) is 9.78 Å². The van der Waals surface area contributed by atoms with Crippen LogP contribution in [-0.4, -0.2) is 11.0 Å². The lowest BCUT2D eigenvalue weighted by Gasteiger charge is -2.16. The first kappa shape index (κ1) is 24.7. The van der Waals surface area contributed by atoms with Crippen molar-refractivity contribution in [1.82, 2.24) is 4.98 Å². The van der Waals surface area contributed by atoms with Crippen LogP contribution in [0.3, 0.4) is 0 Å². The maximum absolute atomic E-state index is 13.5. The van der Waals surface area contributed by atoms with Crippen molar-refractivity contribution in [2.75, 3.05) is 0 Å². The van der Waals surface area contributed by atoms with Gasteiger partial charge in [0.05, 0.1) is 16.8 Å². The fraction of sp³-hybridized carbons (Fsp3) is 0.125. The molecule has 0 amide bonds. The summed E-state index contributed by atoms with van der Waals surface area (Å²) in [5.41, 5.74) is 6.93. The monoisotopic (exact) mass is 551 g/mol. The van der Waals surface area contributed by atoms with Crippen molar-refractivity contribution in [3.05, 3.63) is 123 Å². The molecule has 37 heavy (non-hydrogen) atoms. The van der Waals surface area contributed by atoms with Crippen LogP contribution in [0.1, 0.15) is 32.6 Å². The number of ether oxygens (including phenoxy) is 2. The first-order valence-electron chi connectivity index (χ1n) is 12.1. The highest BCUT2D eigenvalue weighted by Crippen LogP contribution is 2.33. The molecule has 184 valence electrons. The first-order valence-corrected chi connectivity index (χ1v) is 12.8. The molecule has 1 aromatic heterocycles. The van der Waals surface area contributed by atoms with Crippen molar-refractivity contribution in [2.45, 2.75) is 27.4 Å². The number of carbonyl (C=O) groups excluding carboxylic acids is 1. The van der Waals surface area contributed by atoms with Crippen LogP contribution in [0.5, 0.6) is 11.5 Å². The van der Waals surface area contributed by atoms with Gasteiger partial charge in [-0.3, -0.25) is 0 Å². The molecule has 1 heterocycles. The van der Waals surface area contributed by atoms with E-state index in [0.717, 1.165) is 54.6 Å². The molecule has 0 atom stereocenters. The number of halogens is 1. The second kappa shape index (κ2) is 10.6. The number of benzene rings is 4.